The van der Waals surface area contributed by atoms with Crippen LogP contribution in [0, 0.1) is 0 Å². The van der Waals surface area contributed by atoms with Crippen LogP contribution in [-0.2, 0) is 12.0 Å². The Hall–Kier alpha value is -2.49. The number of hydrogen-bond donors (Lipinski definition) is 1. The summed E-state index contributed by atoms with van der Waals surface area (Å²) in [6.45, 7) is 13.6. The molecule has 0 aromatic heterocycles. The number of amides is 1. The van der Waals surface area contributed by atoms with E-state index in [2.05, 4.69) is 45.1 Å². The fraction of sp³-hybridized carbons (Fsp3) is 0.480. The molecule has 2 aromatic carbocycles. The minimum Gasteiger partial charge on any atom is -0.493 e. The number of rotatable bonds is 9. The minimum absolute atomic E-state index is 0.0650. The lowest BCUT2D eigenvalue weighted by Gasteiger charge is -2.19. The molecule has 158 valence electrons. The van der Waals surface area contributed by atoms with E-state index in [1.165, 1.54) is 5.56 Å². The number of nitrogens with one attached hydrogen (secondary N) is 1. The molecule has 0 aliphatic heterocycles. The third-order valence-electron chi connectivity index (χ3n) is 4.84. The zero-order valence-corrected chi connectivity index (χ0v) is 18.7. The number of carbonyl (C=O) groups is 1. The van der Waals surface area contributed by atoms with Gasteiger partial charge < -0.3 is 14.8 Å². The Morgan fingerprint density at radius 2 is 1.72 bits per heavy atom. The Bertz CT molecular complexity index is 791. The quantitative estimate of drug-likeness (QED) is 0.575. The summed E-state index contributed by atoms with van der Waals surface area (Å²) >= 11 is 0. The minimum atomic E-state index is -0.0650. The van der Waals surface area contributed by atoms with Gasteiger partial charge in [-0.1, -0.05) is 46.2 Å². The molecule has 0 fully saturated rings. The van der Waals surface area contributed by atoms with Crippen LogP contribution in [0.5, 0.6) is 11.5 Å². The molecule has 0 aliphatic carbocycles. The Morgan fingerprint density at radius 3 is 2.31 bits per heavy atom. The van der Waals surface area contributed by atoms with Crippen LogP contribution in [0.2, 0.25) is 0 Å². The maximum Gasteiger partial charge on any atom is 0.251 e. The highest BCUT2D eigenvalue weighted by Gasteiger charge is 2.15. The molecule has 0 heterocycles. The van der Waals surface area contributed by atoms with Gasteiger partial charge in [0.15, 0.2) is 0 Å². The molecule has 0 aliphatic rings. The molecule has 1 N–H and O–H groups in total. The standard InChI is InChI=1S/C25H35NO3/c1-7-9-18(3)26-24(27)19-10-15-23(28-8-2)20(16-19)17-29-22-13-11-21(12-14-22)25(4,5)6/h10-16,18H,7-9,17H2,1-6H3,(H,26,27)/t18-/m1/s1. The van der Waals surface area contributed by atoms with Crippen molar-refractivity contribution in [2.45, 2.75) is 72.4 Å². The molecule has 1 amide bonds. The van der Waals surface area contributed by atoms with Crippen LogP contribution in [0.3, 0.4) is 0 Å². The Kier molecular flexibility index (Phi) is 8.12. The highest BCUT2D eigenvalue weighted by molar-refractivity contribution is 5.94. The van der Waals surface area contributed by atoms with Gasteiger partial charge in [-0.2, -0.15) is 0 Å². The molecule has 0 spiro atoms. The summed E-state index contributed by atoms with van der Waals surface area (Å²) in [5.41, 5.74) is 2.86. The molecular weight excluding hydrogens is 362 g/mol. The van der Waals surface area contributed by atoms with E-state index >= 15 is 0 Å². The number of benzene rings is 2. The van der Waals surface area contributed by atoms with Crippen molar-refractivity contribution >= 4 is 5.91 Å². The van der Waals surface area contributed by atoms with Crippen molar-refractivity contribution < 1.29 is 14.3 Å². The average Bonchev–Trinajstić information content (AvgIpc) is 2.67. The molecule has 4 heteroatoms. The van der Waals surface area contributed by atoms with E-state index in [4.69, 9.17) is 9.47 Å². The molecule has 4 nitrogen and oxygen atoms in total. The van der Waals surface area contributed by atoms with Crippen LogP contribution in [-0.4, -0.2) is 18.6 Å². The van der Waals surface area contributed by atoms with Crippen molar-refractivity contribution in [3.8, 4) is 11.5 Å². The molecule has 1 atom stereocenters. The van der Waals surface area contributed by atoms with Crippen molar-refractivity contribution in [2.75, 3.05) is 6.61 Å². The second-order valence-electron chi connectivity index (χ2n) is 8.48. The lowest BCUT2D eigenvalue weighted by molar-refractivity contribution is 0.0938. The summed E-state index contributed by atoms with van der Waals surface area (Å²) < 4.78 is 11.7. The van der Waals surface area contributed by atoms with Crippen LogP contribution in [0.15, 0.2) is 42.5 Å². The molecule has 29 heavy (non-hydrogen) atoms. The van der Waals surface area contributed by atoms with Crippen molar-refractivity contribution in [3.63, 3.8) is 0 Å². The van der Waals surface area contributed by atoms with Gasteiger partial charge in [0, 0.05) is 17.2 Å². The van der Waals surface area contributed by atoms with E-state index < -0.39 is 0 Å². The van der Waals surface area contributed by atoms with E-state index in [-0.39, 0.29) is 17.4 Å². The molecule has 0 saturated heterocycles. The second-order valence-corrected chi connectivity index (χ2v) is 8.48. The SMILES string of the molecule is CCC[C@@H](C)NC(=O)c1ccc(OCC)c(COc2ccc(C(C)(C)C)cc2)c1. The molecular formula is C25H35NO3. The normalized spacial score (nSPS) is 12.3. The third-order valence-corrected chi connectivity index (χ3v) is 4.84. The van der Waals surface area contributed by atoms with Gasteiger partial charge in [-0.25, -0.2) is 0 Å². The van der Waals surface area contributed by atoms with Gasteiger partial charge in [0.2, 0.25) is 0 Å². The molecule has 0 saturated carbocycles. The summed E-state index contributed by atoms with van der Waals surface area (Å²) in [5, 5.41) is 3.05. The van der Waals surface area contributed by atoms with E-state index in [1.807, 2.05) is 38.1 Å². The number of ether oxygens (including phenoxy) is 2. The smallest absolute Gasteiger partial charge is 0.251 e. The van der Waals surface area contributed by atoms with Crippen LogP contribution < -0.4 is 14.8 Å². The highest BCUT2D eigenvalue weighted by Crippen LogP contribution is 2.26. The Labute approximate surface area is 175 Å². The third kappa shape index (κ3) is 6.81. The molecule has 2 rings (SSSR count). The second kappa shape index (κ2) is 10.3. The highest BCUT2D eigenvalue weighted by atomic mass is 16.5. The monoisotopic (exact) mass is 397 g/mol. The van der Waals surface area contributed by atoms with Crippen molar-refractivity contribution in [1.82, 2.24) is 5.32 Å². The maximum absolute atomic E-state index is 12.6. The van der Waals surface area contributed by atoms with Crippen LogP contribution >= 0.6 is 0 Å². The van der Waals surface area contributed by atoms with Gasteiger partial charge in [0.1, 0.15) is 18.1 Å². The van der Waals surface area contributed by atoms with E-state index in [0.29, 0.717) is 18.8 Å². The average molecular weight is 398 g/mol. The number of carbonyl (C=O) groups excluding carboxylic acids is 1. The lowest BCUT2D eigenvalue weighted by Crippen LogP contribution is -2.32. The summed E-state index contributed by atoms with van der Waals surface area (Å²) in [6.07, 6.45) is 2.00. The van der Waals surface area contributed by atoms with Gasteiger partial charge >= 0.3 is 0 Å². The van der Waals surface area contributed by atoms with Gasteiger partial charge in [-0.05, 0) is 61.6 Å². The van der Waals surface area contributed by atoms with Gasteiger partial charge in [-0.15, -0.1) is 0 Å². The summed E-state index contributed by atoms with van der Waals surface area (Å²) in [7, 11) is 0. The summed E-state index contributed by atoms with van der Waals surface area (Å²) in [4.78, 5) is 12.6. The first-order valence-corrected chi connectivity index (χ1v) is 10.5. The van der Waals surface area contributed by atoms with Crippen LogP contribution in [0.4, 0.5) is 0 Å². The molecule has 0 unspecified atom stereocenters. The van der Waals surface area contributed by atoms with Crippen molar-refractivity contribution in [3.05, 3.63) is 59.2 Å². The fourth-order valence-corrected chi connectivity index (χ4v) is 3.15. The topological polar surface area (TPSA) is 47.6 Å². The van der Waals surface area contributed by atoms with Gasteiger partial charge in [0.25, 0.3) is 5.91 Å². The van der Waals surface area contributed by atoms with E-state index in [9.17, 15) is 4.79 Å². The van der Waals surface area contributed by atoms with E-state index in [0.717, 1.165) is 29.9 Å². The zero-order chi connectivity index (χ0) is 21.4. The molecule has 0 radical (unpaired) electrons. The van der Waals surface area contributed by atoms with Crippen molar-refractivity contribution in [1.29, 1.82) is 0 Å². The van der Waals surface area contributed by atoms with Gasteiger partial charge in [-0.3, -0.25) is 4.79 Å². The zero-order valence-electron chi connectivity index (χ0n) is 18.7. The number of hydrogen-bond acceptors (Lipinski definition) is 3. The predicted molar refractivity (Wildman–Crippen MR) is 119 cm³/mol. The fourth-order valence-electron chi connectivity index (χ4n) is 3.15. The maximum atomic E-state index is 12.6. The first-order chi connectivity index (χ1) is 13.7. The van der Waals surface area contributed by atoms with Crippen LogP contribution in [0.1, 0.15) is 75.9 Å². The molecule has 2 aromatic rings. The van der Waals surface area contributed by atoms with Crippen LogP contribution in [0.25, 0.3) is 0 Å². The Balaban J connectivity index is 2.13. The summed E-state index contributed by atoms with van der Waals surface area (Å²) in [6, 6.07) is 13.8. The Morgan fingerprint density at radius 1 is 1.03 bits per heavy atom. The summed E-state index contributed by atoms with van der Waals surface area (Å²) in [5.74, 6) is 1.48. The first-order valence-electron chi connectivity index (χ1n) is 10.5. The largest absolute Gasteiger partial charge is 0.493 e. The predicted octanol–water partition coefficient (Wildman–Crippen LogP) is 5.88. The lowest BCUT2D eigenvalue weighted by atomic mass is 9.87. The van der Waals surface area contributed by atoms with E-state index in [1.54, 1.807) is 6.07 Å². The molecule has 0 bridgehead atoms. The van der Waals surface area contributed by atoms with Gasteiger partial charge in [0.05, 0.1) is 6.61 Å². The first kappa shape index (κ1) is 22.8. The van der Waals surface area contributed by atoms with Crippen molar-refractivity contribution in [2.24, 2.45) is 0 Å².